The van der Waals surface area contributed by atoms with Crippen molar-refractivity contribution in [1.29, 1.82) is 0 Å². The van der Waals surface area contributed by atoms with E-state index in [0.717, 1.165) is 12.8 Å². The highest BCUT2D eigenvalue weighted by molar-refractivity contribution is 5.97. The SMILES string of the molecule is CCC=C(C)C(=O)N1CCCC1(C)C(=O)O. The highest BCUT2D eigenvalue weighted by atomic mass is 16.4. The third-order valence-corrected chi connectivity index (χ3v) is 3.19. The molecule has 1 heterocycles. The van der Waals surface area contributed by atoms with Gasteiger partial charge in [0.15, 0.2) is 0 Å². The molecule has 1 fully saturated rings. The predicted octanol–water partition coefficient (Wildman–Crippen LogP) is 1.81. The zero-order chi connectivity index (χ0) is 12.3. The van der Waals surface area contributed by atoms with Crippen molar-refractivity contribution in [1.82, 2.24) is 4.90 Å². The van der Waals surface area contributed by atoms with Crippen molar-refractivity contribution >= 4 is 11.9 Å². The topological polar surface area (TPSA) is 57.6 Å². The van der Waals surface area contributed by atoms with E-state index in [4.69, 9.17) is 0 Å². The molecule has 0 saturated carbocycles. The summed E-state index contributed by atoms with van der Waals surface area (Å²) >= 11 is 0. The molecule has 1 amide bonds. The van der Waals surface area contributed by atoms with Gasteiger partial charge in [-0.1, -0.05) is 13.0 Å². The quantitative estimate of drug-likeness (QED) is 0.745. The Morgan fingerprint density at radius 2 is 2.12 bits per heavy atom. The number of allylic oxidation sites excluding steroid dienone is 1. The van der Waals surface area contributed by atoms with E-state index in [1.807, 2.05) is 13.0 Å². The van der Waals surface area contributed by atoms with Gasteiger partial charge in [-0.3, -0.25) is 4.79 Å². The van der Waals surface area contributed by atoms with Crippen LogP contribution in [-0.4, -0.2) is 34.0 Å². The second kappa shape index (κ2) is 4.68. The monoisotopic (exact) mass is 225 g/mol. The van der Waals surface area contributed by atoms with Crippen LogP contribution < -0.4 is 0 Å². The number of likely N-dealkylation sites (tertiary alicyclic amines) is 1. The first-order chi connectivity index (χ1) is 7.43. The molecule has 0 aliphatic carbocycles. The second-order valence-electron chi connectivity index (χ2n) is 4.43. The predicted molar refractivity (Wildman–Crippen MR) is 61.0 cm³/mol. The lowest BCUT2D eigenvalue weighted by molar-refractivity contribution is -0.153. The molecule has 4 nitrogen and oxygen atoms in total. The first-order valence-corrected chi connectivity index (χ1v) is 5.65. The van der Waals surface area contributed by atoms with Gasteiger partial charge < -0.3 is 10.0 Å². The first kappa shape index (κ1) is 12.7. The van der Waals surface area contributed by atoms with Gasteiger partial charge in [0.2, 0.25) is 5.91 Å². The van der Waals surface area contributed by atoms with Crippen LogP contribution in [0.1, 0.15) is 40.0 Å². The molecule has 1 unspecified atom stereocenters. The largest absolute Gasteiger partial charge is 0.480 e. The summed E-state index contributed by atoms with van der Waals surface area (Å²) in [5.74, 6) is -1.06. The zero-order valence-corrected chi connectivity index (χ0v) is 10.1. The Balaban J connectivity index is 2.92. The number of carboxylic acids is 1. The fourth-order valence-electron chi connectivity index (χ4n) is 2.12. The Hall–Kier alpha value is -1.32. The maximum absolute atomic E-state index is 12.0. The molecule has 0 bridgehead atoms. The molecule has 1 rings (SSSR count). The van der Waals surface area contributed by atoms with E-state index in [0.29, 0.717) is 18.5 Å². The summed E-state index contributed by atoms with van der Waals surface area (Å²) in [5, 5.41) is 9.19. The lowest BCUT2D eigenvalue weighted by Crippen LogP contribution is -2.51. The molecular formula is C12H19NO3. The number of rotatable bonds is 3. The molecule has 1 aliphatic rings. The van der Waals surface area contributed by atoms with Gasteiger partial charge in [0.1, 0.15) is 5.54 Å². The van der Waals surface area contributed by atoms with Crippen molar-refractivity contribution in [3.8, 4) is 0 Å². The van der Waals surface area contributed by atoms with Crippen LogP contribution in [0.2, 0.25) is 0 Å². The third-order valence-electron chi connectivity index (χ3n) is 3.19. The van der Waals surface area contributed by atoms with E-state index in [1.54, 1.807) is 13.8 Å². The van der Waals surface area contributed by atoms with Crippen molar-refractivity contribution in [3.05, 3.63) is 11.6 Å². The molecular weight excluding hydrogens is 206 g/mol. The summed E-state index contributed by atoms with van der Waals surface area (Å²) < 4.78 is 0. The molecule has 0 spiro atoms. The molecule has 1 aliphatic heterocycles. The Kier molecular flexibility index (Phi) is 3.73. The van der Waals surface area contributed by atoms with E-state index in [2.05, 4.69) is 0 Å². The molecule has 0 aromatic heterocycles. The van der Waals surface area contributed by atoms with Crippen LogP contribution in [0.4, 0.5) is 0 Å². The van der Waals surface area contributed by atoms with Gasteiger partial charge in [-0.15, -0.1) is 0 Å². The second-order valence-corrected chi connectivity index (χ2v) is 4.43. The number of carboxylic acid groups (broad SMARTS) is 1. The van der Waals surface area contributed by atoms with Crippen LogP contribution >= 0.6 is 0 Å². The summed E-state index contributed by atoms with van der Waals surface area (Å²) in [6.45, 7) is 5.86. The van der Waals surface area contributed by atoms with Crippen LogP contribution in [0.15, 0.2) is 11.6 Å². The summed E-state index contributed by atoms with van der Waals surface area (Å²) in [6, 6.07) is 0. The highest BCUT2D eigenvalue weighted by Crippen LogP contribution is 2.30. The van der Waals surface area contributed by atoms with Gasteiger partial charge >= 0.3 is 5.97 Å². The lowest BCUT2D eigenvalue weighted by atomic mass is 9.98. The van der Waals surface area contributed by atoms with E-state index in [-0.39, 0.29) is 5.91 Å². The van der Waals surface area contributed by atoms with E-state index in [1.165, 1.54) is 4.90 Å². The molecule has 1 N–H and O–H groups in total. The fourth-order valence-corrected chi connectivity index (χ4v) is 2.12. The smallest absolute Gasteiger partial charge is 0.329 e. The minimum absolute atomic E-state index is 0.149. The number of carbonyl (C=O) groups is 2. The Bertz CT molecular complexity index is 335. The molecule has 1 atom stereocenters. The molecule has 0 aromatic carbocycles. The van der Waals surface area contributed by atoms with Gasteiger partial charge in [-0.05, 0) is 33.1 Å². The van der Waals surface area contributed by atoms with Crippen molar-refractivity contribution < 1.29 is 14.7 Å². The molecule has 90 valence electrons. The van der Waals surface area contributed by atoms with Crippen molar-refractivity contribution in [2.75, 3.05) is 6.54 Å². The molecule has 1 saturated heterocycles. The van der Waals surface area contributed by atoms with Crippen LogP contribution in [0.25, 0.3) is 0 Å². The van der Waals surface area contributed by atoms with Crippen LogP contribution in [0.3, 0.4) is 0 Å². The average Bonchev–Trinajstić information content (AvgIpc) is 2.61. The first-order valence-electron chi connectivity index (χ1n) is 5.65. The Morgan fingerprint density at radius 1 is 1.50 bits per heavy atom. The number of hydrogen-bond donors (Lipinski definition) is 1. The Labute approximate surface area is 95.9 Å². The van der Waals surface area contributed by atoms with Crippen LogP contribution in [0.5, 0.6) is 0 Å². The van der Waals surface area contributed by atoms with E-state index < -0.39 is 11.5 Å². The number of hydrogen-bond acceptors (Lipinski definition) is 2. The van der Waals surface area contributed by atoms with Crippen LogP contribution in [-0.2, 0) is 9.59 Å². The lowest BCUT2D eigenvalue weighted by Gasteiger charge is -2.31. The number of aliphatic carboxylic acids is 1. The fraction of sp³-hybridized carbons (Fsp3) is 0.667. The van der Waals surface area contributed by atoms with Crippen molar-refractivity contribution in [3.63, 3.8) is 0 Å². The Morgan fingerprint density at radius 3 is 2.62 bits per heavy atom. The van der Waals surface area contributed by atoms with E-state index >= 15 is 0 Å². The third kappa shape index (κ3) is 2.10. The van der Waals surface area contributed by atoms with Gasteiger partial charge in [-0.25, -0.2) is 4.79 Å². The molecule has 16 heavy (non-hydrogen) atoms. The van der Waals surface area contributed by atoms with Crippen LogP contribution in [0, 0.1) is 0 Å². The minimum Gasteiger partial charge on any atom is -0.480 e. The van der Waals surface area contributed by atoms with Gasteiger partial charge in [0, 0.05) is 12.1 Å². The maximum atomic E-state index is 12.0. The summed E-state index contributed by atoms with van der Waals surface area (Å²) in [7, 11) is 0. The van der Waals surface area contributed by atoms with Gasteiger partial charge in [0.25, 0.3) is 0 Å². The molecule has 0 aromatic rings. The van der Waals surface area contributed by atoms with E-state index in [9.17, 15) is 14.7 Å². The summed E-state index contributed by atoms with van der Waals surface area (Å²) in [4.78, 5) is 24.7. The summed E-state index contributed by atoms with van der Waals surface area (Å²) in [5.41, 5.74) is -0.392. The maximum Gasteiger partial charge on any atom is 0.329 e. The van der Waals surface area contributed by atoms with Crippen molar-refractivity contribution in [2.24, 2.45) is 0 Å². The standard InChI is InChI=1S/C12H19NO3/c1-4-6-9(2)10(14)13-8-5-7-12(13,3)11(15)16/h6H,4-5,7-8H2,1-3H3,(H,15,16). The van der Waals surface area contributed by atoms with Crippen molar-refractivity contribution in [2.45, 2.75) is 45.6 Å². The molecule has 0 radical (unpaired) electrons. The zero-order valence-electron chi connectivity index (χ0n) is 10.1. The van der Waals surface area contributed by atoms with Gasteiger partial charge in [-0.2, -0.15) is 0 Å². The highest BCUT2D eigenvalue weighted by Gasteiger charge is 2.45. The number of carbonyl (C=O) groups excluding carboxylic acids is 1. The normalized spacial score (nSPS) is 25.9. The number of nitrogens with zero attached hydrogens (tertiary/aromatic N) is 1. The minimum atomic E-state index is -1.03. The number of amides is 1. The van der Waals surface area contributed by atoms with Gasteiger partial charge in [0.05, 0.1) is 0 Å². The molecule has 4 heteroatoms. The average molecular weight is 225 g/mol. The summed E-state index contributed by atoms with van der Waals surface area (Å²) in [6.07, 6.45) is 3.92.